The quantitative estimate of drug-likeness (QED) is 0.447. The largest absolute Gasteiger partial charge is 0.497 e. The highest BCUT2D eigenvalue weighted by Gasteiger charge is 2.21. The maximum atomic E-state index is 13.4. The number of nitrogens with zero attached hydrogens (tertiary/aromatic N) is 3. The van der Waals surface area contributed by atoms with Crippen LogP contribution >= 0.6 is 11.3 Å². The summed E-state index contributed by atoms with van der Waals surface area (Å²) in [6.45, 7) is 7.60. The molecule has 1 amide bonds. The van der Waals surface area contributed by atoms with Crippen LogP contribution in [0.15, 0.2) is 42.5 Å². The van der Waals surface area contributed by atoms with Crippen molar-refractivity contribution >= 4 is 32.6 Å². The molecule has 8 heteroatoms. The molecule has 0 spiro atoms. The van der Waals surface area contributed by atoms with E-state index in [0.717, 1.165) is 71.7 Å². The molecule has 176 valence electrons. The van der Waals surface area contributed by atoms with Crippen molar-refractivity contribution in [1.29, 1.82) is 0 Å². The molecule has 0 radical (unpaired) electrons. The zero-order valence-electron chi connectivity index (χ0n) is 19.3. The molecule has 1 aliphatic heterocycles. The van der Waals surface area contributed by atoms with Crippen LogP contribution in [0.4, 0.5) is 5.13 Å². The average molecular weight is 470 g/mol. The number of methoxy groups -OCH3 is 1. The smallest absolute Gasteiger partial charge is 0.233 e. The molecule has 1 saturated heterocycles. The fourth-order valence-electron chi connectivity index (χ4n) is 3.88. The average Bonchev–Trinajstić information content (AvgIpc) is 3.26. The van der Waals surface area contributed by atoms with Crippen LogP contribution in [0, 0.1) is 0 Å². The second-order valence-corrected chi connectivity index (χ2v) is 8.95. The van der Waals surface area contributed by atoms with Crippen LogP contribution in [0.5, 0.6) is 11.5 Å². The van der Waals surface area contributed by atoms with E-state index >= 15 is 0 Å². The van der Waals surface area contributed by atoms with E-state index in [1.54, 1.807) is 18.4 Å². The van der Waals surface area contributed by atoms with Gasteiger partial charge in [0, 0.05) is 32.2 Å². The number of amides is 1. The Kier molecular flexibility index (Phi) is 8.15. The van der Waals surface area contributed by atoms with E-state index in [1.807, 2.05) is 54.3 Å². The Labute approximate surface area is 198 Å². The first kappa shape index (κ1) is 23.5. The van der Waals surface area contributed by atoms with E-state index in [1.165, 1.54) is 0 Å². The normalized spacial score (nSPS) is 14.4. The lowest BCUT2D eigenvalue weighted by molar-refractivity contribution is -0.118. The van der Waals surface area contributed by atoms with Gasteiger partial charge in [-0.25, -0.2) is 4.98 Å². The van der Waals surface area contributed by atoms with Crippen molar-refractivity contribution in [2.45, 2.75) is 19.8 Å². The van der Waals surface area contributed by atoms with Gasteiger partial charge in [0.15, 0.2) is 5.13 Å². The SMILES string of the molecule is CCOc1ccc(CC(=O)N(CCCN2CCOCC2)c2nc3cc(OC)ccc3s2)cc1. The lowest BCUT2D eigenvalue weighted by Crippen LogP contribution is -2.39. The molecule has 0 bridgehead atoms. The number of aromatic nitrogens is 1. The first-order valence-corrected chi connectivity index (χ1v) is 12.2. The lowest BCUT2D eigenvalue weighted by Gasteiger charge is -2.27. The highest BCUT2D eigenvalue weighted by molar-refractivity contribution is 7.22. The van der Waals surface area contributed by atoms with E-state index in [-0.39, 0.29) is 5.91 Å². The maximum absolute atomic E-state index is 13.4. The number of morpholine rings is 1. The fourth-order valence-corrected chi connectivity index (χ4v) is 4.87. The van der Waals surface area contributed by atoms with Crippen molar-refractivity contribution in [3.63, 3.8) is 0 Å². The third-order valence-electron chi connectivity index (χ3n) is 5.66. The number of carbonyl (C=O) groups excluding carboxylic acids is 1. The highest BCUT2D eigenvalue weighted by Crippen LogP contribution is 2.31. The first-order valence-electron chi connectivity index (χ1n) is 11.4. The standard InChI is InChI=1S/C25H31N3O4S/c1-3-32-20-7-5-19(6-8-20)17-24(29)28(12-4-11-27-13-15-31-16-14-27)25-26-22-18-21(30-2)9-10-23(22)33-25/h5-10,18H,3-4,11-17H2,1-2H3. The van der Waals surface area contributed by atoms with Gasteiger partial charge in [-0.1, -0.05) is 23.5 Å². The molecule has 1 fully saturated rings. The summed E-state index contributed by atoms with van der Waals surface area (Å²) in [5, 5.41) is 0.733. The van der Waals surface area contributed by atoms with Crippen LogP contribution in [0.1, 0.15) is 18.9 Å². The van der Waals surface area contributed by atoms with Gasteiger partial charge in [-0.15, -0.1) is 0 Å². The third-order valence-corrected chi connectivity index (χ3v) is 6.72. The van der Waals surface area contributed by atoms with Gasteiger partial charge in [0.05, 0.1) is 43.6 Å². The van der Waals surface area contributed by atoms with E-state index in [0.29, 0.717) is 19.6 Å². The van der Waals surface area contributed by atoms with E-state index in [4.69, 9.17) is 19.2 Å². The topological polar surface area (TPSA) is 64.1 Å². The molecule has 33 heavy (non-hydrogen) atoms. The van der Waals surface area contributed by atoms with Gasteiger partial charge in [-0.2, -0.15) is 0 Å². The predicted octanol–water partition coefficient (Wildman–Crippen LogP) is 4.00. The molecule has 2 heterocycles. The minimum absolute atomic E-state index is 0.0483. The molecule has 3 aromatic rings. The first-order chi connectivity index (χ1) is 16.2. The maximum Gasteiger partial charge on any atom is 0.233 e. The molecule has 0 unspecified atom stereocenters. The summed E-state index contributed by atoms with van der Waals surface area (Å²) >= 11 is 1.54. The van der Waals surface area contributed by atoms with Crippen molar-refractivity contribution in [3.8, 4) is 11.5 Å². The number of anilines is 1. The number of carbonyl (C=O) groups is 1. The summed E-state index contributed by atoms with van der Waals surface area (Å²) in [6.07, 6.45) is 1.21. The van der Waals surface area contributed by atoms with Crippen molar-refractivity contribution < 1.29 is 19.0 Å². The number of hydrogen-bond donors (Lipinski definition) is 0. The molecular formula is C25H31N3O4S. The molecule has 0 N–H and O–H groups in total. The van der Waals surface area contributed by atoms with Gasteiger partial charge in [-0.05, 0) is 43.2 Å². The van der Waals surface area contributed by atoms with Crippen molar-refractivity contribution in [2.24, 2.45) is 0 Å². The molecule has 0 saturated carbocycles. The molecule has 0 aliphatic carbocycles. The Morgan fingerprint density at radius 3 is 2.64 bits per heavy atom. The molecule has 1 aliphatic rings. The summed E-state index contributed by atoms with van der Waals surface area (Å²) in [6, 6.07) is 13.6. The van der Waals surface area contributed by atoms with Gasteiger partial charge >= 0.3 is 0 Å². The summed E-state index contributed by atoms with van der Waals surface area (Å²) < 4.78 is 17.3. The van der Waals surface area contributed by atoms with Gasteiger partial charge in [0.1, 0.15) is 11.5 Å². The van der Waals surface area contributed by atoms with Gasteiger partial charge in [-0.3, -0.25) is 14.6 Å². The second kappa shape index (κ2) is 11.4. The van der Waals surface area contributed by atoms with Crippen LogP contribution < -0.4 is 14.4 Å². The molecule has 4 rings (SSSR count). The summed E-state index contributed by atoms with van der Waals surface area (Å²) in [5.41, 5.74) is 1.81. The second-order valence-electron chi connectivity index (χ2n) is 7.94. The Morgan fingerprint density at radius 2 is 1.91 bits per heavy atom. The monoisotopic (exact) mass is 469 g/mol. The summed E-state index contributed by atoms with van der Waals surface area (Å²) in [5.74, 6) is 1.63. The number of rotatable bonds is 10. The number of ether oxygens (including phenoxy) is 3. The van der Waals surface area contributed by atoms with E-state index in [2.05, 4.69) is 4.90 Å². The van der Waals surface area contributed by atoms with Crippen molar-refractivity contribution in [2.75, 3.05) is 58.0 Å². The minimum atomic E-state index is 0.0483. The Hall–Kier alpha value is -2.68. The zero-order valence-corrected chi connectivity index (χ0v) is 20.1. The van der Waals surface area contributed by atoms with Gasteiger partial charge in [0.2, 0.25) is 5.91 Å². The van der Waals surface area contributed by atoms with E-state index < -0.39 is 0 Å². The third kappa shape index (κ3) is 6.22. The molecular weight excluding hydrogens is 438 g/mol. The minimum Gasteiger partial charge on any atom is -0.497 e. The van der Waals surface area contributed by atoms with Crippen LogP contribution in [0.3, 0.4) is 0 Å². The lowest BCUT2D eigenvalue weighted by atomic mass is 10.1. The molecule has 2 aromatic carbocycles. The number of benzene rings is 2. The van der Waals surface area contributed by atoms with Crippen LogP contribution in [-0.4, -0.2) is 68.9 Å². The van der Waals surface area contributed by atoms with Crippen molar-refractivity contribution in [1.82, 2.24) is 9.88 Å². The number of thiazole rings is 1. The summed E-state index contributed by atoms with van der Waals surface area (Å²) in [7, 11) is 1.65. The van der Waals surface area contributed by atoms with E-state index in [9.17, 15) is 4.79 Å². The molecule has 1 aromatic heterocycles. The van der Waals surface area contributed by atoms with Gasteiger partial charge < -0.3 is 14.2 Å². The Bertz CT molecular complexity index is 1050. The number of hydrogen-bond acceptors (Lipinski definition) is 7. The Morgan fingerprint density at radius 1 is 1.15 bits per heavy atom. The molecule has 7 nitrogen and oxygen atoms in total. The van der Waals surface area contributed by atoms with Crippen LogP contribution in [-0.2, 0) is 16.0 Å². The van der Waals surface area contributed by atoms with Crippen LogP contribution in [0.25, 0.3) is 10.2 Å². The van der Waals surface area contributed by atoms with Crippen molar-refractivity contribution in [3.05, 3.63) is 48.0 Å². The van der Waals surface area contributed by atoms with Crippen LogP contribution in [0.2, 0.25) is 0 Å². The highest BCUT2D eigenvalue weighted by atomic mass is 32.1. The number of fused-ring (bicyclic) bond motifs is 1. The fraction of sp³-hybridized carbons (Fsp3) is 0.440. The predicted molar refractivity (Wildman–Crippen MR) is 132 cm³/mol. The zero-order chi connectivity index (χ0) is 23.0. The molecule has 0 atom stereocenters. The summed E-state index contributed by atoms with van der Waals surface area (Å²) in [4.78, 5) is 22.4. The Balaban J connectivity index is 1.50. The van der Waals surface area contributed by atoms with Gasteiger partial charge in [0.25, 0.3) is 0 Å².